The smallest absolute Gasteiger partial charge is 0.367 e. The Morgan fingerprint density at radius 2 is 1.76 bits per heavy atom. The van der Waals surface area contributed by atoms with Crippen molar-refractivity contribution in [1.82, 2.24) is 10.6 Å². The summed E-state index contributed by atoms with van der Waals surface area (Å²) in [7, 11) is 0. The van der Waals surface area contributed by atoms with E-state index in [0.717, 1.165) is 5.56 Å². The first-order valence-electron chi connectivity index (χ1n) is 9.00. The number of rotatable bonds is 9. The summed E-state index contributed by atoms with van der Waals surface area (Å²) in [6.45, 7) is 2.49. The Kier molecular flexibility index (Phi) is 8.21. The van der Waals surface area contributed by atoms with Gasteiger partial charge in [-0.1, -0.05) is 44.2 Å². The molecule has 0 aliphatic carbocycles. The van der Waals surface area contributed by atoms with Gasteiger partial charge in [-0.05, 0) is 28.5 Å². The third-order valence-electron chi connectivity index (χ3n) is 4.00. The van der Waals surface area contributed by atoms with E-state index in [0.29, 0.717) is 10.4 Å². The topological polar surface area (TPSA) is 67.4 Å². The van der Waals surface area contributed by atoms with E-state index in [-0.39, 0.29) is 30.9 Å². The number of carbonyl (C=O) groups excluding carboxylic acids is 2. The highest BCUT2D eigenvalue weighted by atomic mass is 32.1. The first kappa shape index (κ1) is 22.9. The van der Waals surface area contributed by atoms with E-state index in [1.807, 2.05) is 13.8 Å². The lowest BCUT2D eigenvalue weighted by Gasteiger charge is -2.21. The molecule has 2 aromatic rings. The first-order valence-corrected chi connectivity index (χ1v) is 9.88. The maximum Gasteiger partial charge on any atom is 0.411 e. The summed E-state index contributed by atoms with van der Waals surface area (Å²) in [6, 6.07) is 9.49. The summed E-state index contributed by atoms with van der Waals surface area (Å²) in [5, 5.41) is 7.32. The summed E-state index contributed by atoms with van der Waals surface area (Å²) < 4.78 is 40.9. The predicted octanol–water partition coefficient (Wildman–Crippen LogP) is 3.90. The molecule has 2 rings (SSSR count). The van der Waals surface area contributed by atoms with Crippen molar-refractivity contribution in [2.45, 2.75) is 39.2 Å². The molecule has 0 bridgehead atoms. The summed E-state index contributed by atoms with van der Waals surface area (Å²) in [4.78, 5) is 25.3. The van der Waals surface area contributed by atoms with Gasteiger partial charge in [-0.2, -0.15) is 13.2 Å². The zero-order valence-corrected chi connectivity index (χ0v) is 16.9. The van der Waals surface area contributed by atoms with Crippen molar-refractivity contribution in [2.24, 2.45) is 5.92 Å². The number of nitrogens with one attached hydrogen (secondary N) is 2. The van der Waals surface area contributed by atoms with Crippen LogP contribution in [0.25, 0.3) is 0 Å². The Morgan fingerprint density at radius 1 is 1.10 bits per heavy atom. The molecule has 5 nitrogen and oxygen atoms in total. The second kappa shape index (κ2) is 10.4. The number of thiophene rings is 1. The van der Waals surface area contributed by atoms with Crippen LogP contribution in [0, 0.1) is 5.92 Å². The third-order valence-corrected chi connectivity index (χ3v) is 4.87. The summed E-state index contributed by atoms with van der Waals surface area (Å²) in [6.07, 6.45) is -4.35. The Bertz CT molecular complexity index is 790. The van der Waals surface area contributed by atoms with Crippen molar-refractivity contribution < 1.29 is 27.5 Å². The van der Waals surface area contributed by atoms with Crippen molar-refractivity contribution in [3.63, 3.8) is 0 Å². The van der Waals surface area contributed by atoms with E-state index in [2.05, 4.69) is 15.4 Å². The van der Waals surface area contributed by atoms with Gasteiger partial charge in [0.25, 0.3) is 5.91 Å². The van der Waals surface area contributed by atoms with Crippen LogP contribution in [0.4, 0.5) is 13.2 Å². The molecule has 1 unspecified atom stereocenters. The SMILES string of the molecule is CC(C)C(NC(=O)c1cccs1)C(=O)NCc1ccc(COCC(F)(F)F)cc1. The number of amides is 2. The van der Waals surface area contributed by atoms with Crippen LogP contribution in [0.3, 0.4) is 0 Å². The molecule has 1 aromatic carbocycles. The fourth-order valence-corrected chi connectivity index (χ4v) is 3.12. The van der Waals surface area contributed by atoms with E-state index in [4.69, 9.17) is 0 Å². The second-order valence-corrected chi connectivity index (χ2v) is 7.76. The van der Waals surface area contributed by atoms with Gasteiger partial charge in [0.2, 0.25) is 5.91 Å². The lowest BCUT2D eigenvalue weighted by atomic mass is 10.0. The van der Waals surface area contributed by atoms with Crippen LogP contribution in [0.1, 0.15) is 34.6 Å². The highest BCUT2D eigenvalue weighted by molar-refractivity contribution is 7.12. The molecule has 29 heavy (non-hydrogen) atoms. The van der Waals surface area contributed by atoms with Crippen molar-refractivity contribution in [1.29, 1.82) is 0 Å². The number of carbonyl (C=O) groups is 2. The minimum Gasteiger partial charge on any atom is -0.367 e. The maximum absolute atomic E-state index is 12.5. The van der Waals surface area contributed by atoms with E-state index < -0.39 is 18.8 Å². The molecule has 0 aliphatic rings. The average Bonchev–Trinajstić information content (AvgIpc) is 3.18. The lowest BCUT2D eigenvalue weighted by molar-refractivity contribution is -0.176. The molecule has 1 atom stereocenters. The molecular formula is C20H23F3N2O3S. The number of alkyl halides is 3. The van der Waals surface area contributed by atoms with Crippen LogP contribution in [0.2, 0.25) is 0 Å². The first-order chi connectivity index (χ1) is 13.7. The van der Waals surface area contributed by atoms with Crippen LogP contribution in [-0.2, 0) is 22.7 Å². The Labute approximate surface area is 171 Å². The van der Waals surface area contributed by atoms with Crippen molar-refractivity contribution in [2.75, 3.05) is 6.61 Å². The molecule has 2 N–H and O–H groups in total. The maximum atomic E-state index is 12.5. The molecule has 1 heterocycles. The monoisotopic (exact) mass is 428 g/mol. The van der Waals surface area contributed by atoms with Gasteiger partial charge in [0, 0.05) is 6.54 Å². The molecule has 9 heteroatoms. The van der Waals surface area contributed by atoms with E-state index in [1.165, 1.54) is 11.3 Å². The van der Waals surface area contributed by atoms with Crippen molar-refractivity contribution in [3.8, 4) is 0 Å². The van der Waals surface area contributed by atoms with Gasteiger partial charge in [0.05, 0.1) is 11.5 Å². The van der Waals surface area contributed by atoms with E-state index >= 15 is 0 Å². The molecule has 158 valence electrons. The zero-order chi connectivity index (χ0) is 21.4. The second-order valence-electron chi connectivity index (χ2n) is 6.81. The standard InChI is InChI=1S/C20H23F3N2O3S/c1-13(2)17(25-18(26)16-4-3-9-29-16)19(27)24-10-14-5-7-15(8-6-14)11-28-12-20(21,22)23/h3-9,13,17H,10-12H2,1-2H3,(H,24,27)(H,25,26). The minimum absolute atomic E-state index is 0.105. The molecule has 2 amide bonds. The van der Waals surface area contributed by atoms with Gasteiger partial charge in [0.1, 0.15) is 12.6 Å². The van der Waals surface area contributed by atoms with Crippen LogP contribution in [0.5, 0.6) is 0 Å². The average molecular weight is 428 g/mol. The number of hydrogen-bond donors (Lipinski definition) is 2. The third kappa shape index (κ3) is 7.86. The quantitative estimate of drug-likeness (QED) is 0.637. The summed E-state index contributed by atoms with van der Waals surface area (Å²) >= 11 is 1.30. The molecule has 0 fully saturated rings. The molecule has 0 spiro atoms. The highest BCUT2D eigenvalue weighted by Crippen LogP contribution is 2.16. The Hall–Kier alpha value is -2.39. The predicted molar refractivity (Wildman–Crippen MR) is 104 cm³/mol. The van der Waals surface area contributed by atoms with Gasteiger partial charge in [-0.3, -0.25) is 9.59 Å². The molecule has 0 saturated heterocycles. The van der Waals surface area contributed by atoms with E-state index in [1.54, 1.807) is 41.8 Å². The van der Waals surface area contributed by atoms with Crippen LogP contribution < -0.4 is 10.6 Å². The van der Waals surface area contributed by atoms with Gasteiger partial charge in [0.15, 0.2) is 0 Å². The van der Waals surface area contributed by atoms with Crippen LogP contribution >= 0.6 is 11.3 Å². The Morgan fingerprint density at radius 3 is 2.31 bits per heavy atom. The summed E-state index contributed by atoms with van der Waals surface area (Å²) in [5.74, 6) is -0.702. The van der Waals surface area contributed by atoms with Gasteiger partial charge in [-0.15, -0.1) is 11.3 Å². The van der Waals surface area contributed by atoms with Gasteiger partial charge in [-0.25, -0.2) is 0 Å². The number of halogens is 3. The fraction of sp³-hybridized carbons (Fsp3) is 0.400. The van der Waals surface area contributed by atoms with Gasteiger partial charge < -0.3 is 15.4 Å². The zero-order valence-electron chi connectivity index (χ0n) is 16.1. The Balaban J connectivity index is 1.85. The number of benzene rings is 1. The normalized spacial score (nSPS) is 12.6. The van der Waals surface area contributed by atoms with Crippen molar-refractivity contribution in [3.05, 3.63) is 57.8 Å². The lowest BCUT2D eigenvalue weighted by Crippen LogP contribution is -2.49. The minimum atomic E-state index is -4.35. The van der Waals surface area contributed by atoms with Gasteiger partial charge >= 0.3 is 6.18 Å². The fourth-order valence-electron chi connectivity index (χ4n) is 2.49. The number of hydrogen-bond acceptors (Lipinski definition) is 4. The molecule has 0 aliphatic heterocycles. The summed E-state index contributed by atoms with van der Waals surface area (Å²) in [5.41, 5.74) is 1.39. The highest BCUT2D eigenvalue weighted by Gasteiger charge is 2.27. The number of ether oxygens (including phenoxy) is 1. The van der Waals surface area contributed by atoms with Crippen LogP contribution in [-0.4, -0.2) is 30.6 Å². The van der Waals surface area contributed by atoms with Crippen LogP contribution in [0.15, 0.2) is 41.8 Å². The van der Waals surface area contributed by atoms with Crippen molar-refractivity contribution >= 4 is 23.2 Å². The molecular weight excluding hydrogens is 405 g/mol. The molecule has 0 saturated carbocycles. The largest absolute Gasteiger partial charge is 0.411 e. The van der Waals surface area contributed by atoms with E-state index in [9.17, 15) is 22.8 Å². The molecule has 1 aromatic heterocycles. The molecule has 0 radical (unpaired) electrons.